The Morgan fingerprint density at radius 1 is 1.32 bits per heavy atom. The van der Waals surface area contributed by atoms with E-state index in [4.69, 9.17) is 0 Å². The second-order valence-corrected chi connectivity index (χ2v) is 6.19. The number of rotatable bonds is 3. The van der Waals surface area contributed by atoms with Crippen molar-refractivity contribution in [3.8, 4) is 0 Å². The van der Waals surface area contributed by atoms with Crippen molar-refractivity contribution in [3.63, 3.8) is 0 Å². The third kappa shape index (κ3) is 2.54. The number of hydrogen-bond donors (Lipinski definition) is 0. The number of benzene rings is 1. The molecule has 0 N–H and O–H groups in total. The first-order chi connectivity index (χ1) is 12.1. The van der Waals surface area contributed by atoms with Gasteiger partial charge in [-0.25, -0.2) is 9.37 Å². The molecule has 0 radical (unpaired) electrons. The molecule has 7 nitrogen and oxygen atoms in total. The third-order valence-corrected chi connectivity index (χ3v) is 4.75. The minimum absolute atomic E-state index is 0.0838. The maximum atomic E-state index is 14.1. The van der Waals surface area contributed by atoms with Gasteiger partial charge in [0.2, 0.25) is 5.91 Å². The zero-order valence-electron chi connectivity index (χ0n) is 14.0. The van der Waals surface area contributed by atoms with Crippen molar-refractivity contribution in [1.29, 1.82) is 0 Å². The monoisotopic (exact) mass is 340 g/mol. The Hall–Kier alpha value is -2.90. The molecule has 0 saturated heterocycles. The lowest BCUT2D eigenvalue weighted by molar-refractivity contribution is -0.118. The summed E-state index contributed by atoms with van der Waals surface area (Å²) in [7, 11) is 0. The number of aromatic nitrogens is 5. The number of para-hydroxylation sites is 1. The van der Waals surface area contributed by atoms with Crippen molar-refractivity contribution in [1.82, 2.24) is 25.0 Å². The molecule has 25 heavy (non-hydrogen) atoms. The van der Waals surface area contributed by atoms with E-state index in [-0.39, 0.29) is 18.1 Å². The fourth-order valence-corrected chi connectivity index (χ4v) is 3.46. The van der Waals surface area contributed by atoms with Crippen molar-refractivity contribution in [3.05, 3.63) is 46.5 Å². The summed E-state index contributed by atoms with van der Waals surface area (Å²) in [6.45, 7) is 4.31. The molecule has 0 saturated carbocycles. The van der Waals surface area contributed by atoms with Gasteiger partial charge in [-0.1, -0.05) is 17.2 Å². The van der Waals surface area contributed by atoms with Gasteiger partial charge in [0.1, 0.15) is 5.82 Å². The highest BCUT2D eigenvalue weighted by Crippen LogP contribution is 2.31. The van der Waals surface area contributed by atoms with Crippen LogP contribution >= 0.6 is 0 Å². The SMILES string of the molecule is Cc1nc2nnnn2c(C)c1CCC(=O)N1CCc2cccc(F)c21. The summed E-state index contributed by atoms with van der Waals surface area (Å²) in [6.07, 6.45) is 1.49. The third-order valence-electron chi connectivity index (χ3n) is 4.75. The van der Waals surface area contributed by atoms with Crippen LogP contribution in [0.25, 0.3) is 5.78 Å². The number of fused-ring (bicyclic) bond motifs is 2. The summed E-state index contributed by atoms with van der Waals surface area (Å²) in [5.74, 6) is 0.0209. The van der Waals surface area contributed by atoms with Crippen molar-refractivity contribution < 1.29 is 9.18 Å². The average molecular weight is 340 g/mol. The van der Waals surface area contributed by atoms with Crippen LogP contribution in [0.4, 0.5) is 10.1 Å². The first-order valence-electron chi connectivity index (χ1n) is 8.18. The lowest BCUT2D eigenvalue weighted by Gasteiger charge is -2.18. The summed E-state index contributed by atoms with van der Waals surface area (Å²) in [5, 5.41) is 11.4. The Morgan fingerprint density at radius 3 is 3.00 bits per heavy atom. The number of halogens is 1. The molecule has 0 bridgehead atoms. The van der Waals surface area contributed by atoms with E-state index in [9.17, 15) is 9.18 Å². The van der Waals surface area contributed by atoms with Crippen molar-refractivity contribution in [2.45, 2.75) is 33.1 Å². The van der Waals surface area contributed by atoms with Crippen LogP contribution in [0.3, 0.4) is 0 Å². The normalized spacial score (nSPS) is 13.5. The van der Waals surface area contributed by atoms with E-state index in [1.54, 1.807) is 15.5 Å². The minimum atomic E-state index is -0.340. The summed E-state index contributed by atoms with van der Waals surface area (Å²) in [6, 6.07) is 4.95. The van der Waals surface area contributed by atoms with Gasteiger partial charge in [0.05, 0.1) is 5.69 Å². The van der Waals surface area contributed by atoms with Gasteiger partial charge in [-0.3, -0.25) is 4.79 Å². The van der Waals surface area contributed by atoms with Gasteiger partial charge in [0.15, 0.2) is 0 Å². The maximum absolute atomic E-state index is 14.1. The van der Waals surface area contributed by atoms with Crippen LogP contribution in [0, 0.1) is 19.7 Å². The topological polar surface area (TPSA) is 76.3 Å². The standard InChI is InChI=1S/C17H17FN6O/c1-10-13(11(2)24-17(19-10)20-21-22-24)6-7-15(25)23-9-8-12-4-3-5-14(18)16(12)23/h3-5H,6-9H2,1-2H3. The van der Waals surface area contributed by atoms with E-state index < -0.39 is 0 Å². The van der Waals surface area contributed by atoms with E-state index in [1.807, 2.05) is 19.9 Å². The van der Waals surface area contributed by atoms with Crippen LogP contribution in [0.1, 0.15) is 28.9 Å². The van der Waals surface area contributed by atoms with E-state index in [0.29, 0.717) is 30.9 Å². The number of amides is 1. The molecule has 0 atom stereocenters. The summed E-state index contributed by atoms with van der Waals surface area (Å²) in [4.78, 5) is 18.6. The summed E-state index contributed by atoms with van der Waals surface area (Å²) in [5.41, 5.74) is 3.93. The van der Waals surface area contributed by atoms with E-state index >= 15 is 0 Å². The molecule has 0 spiro atoms. The number of tetrazole rings is 1. The number of nitrogens with zero attached hydrogens (tertiary/aromatic N) is 6. The highest BCUT2D eigenvalue weighted by atomic mass is 19.1. The molecule has 0 fully saturated rings. The smallest absolute Gasteiger partial charge is 0.273 e. The molecule has 8 heteroatoms. The van der Waals surface area contributed by atoms with E-state index in [1.165, 1.54) is 6.07 Å². The molecule has 0 aliphatic carbocycles. The second-order valence-electron chi connectivity index (χ2n) is 6.19. The van der Waals surface area contributed by atoms with Crippen LogP contribution in [0.15, 0.2) is 18.2 Å². The predicted molar refractivity (Wildman–Crippen MR) is 88.8 cm³/mol. The Balaban J connectivity index is 1.56. The molecule has 4 rings (SSSR count). The van der Waals surface area contributed by atoms with Gasteiger partial charge in [0.25, 0.3) is 5.78 Å². The molecular formula is C17H17FN6O. The quantitative estimate of drug-likeness (QED) is 0.727. The van der Waals surface area contributed by atoms with Crippen molar-refractivity contribution in [2.24, 2.45) is 0 Å². The maximum Gasteiger partial charge on any atom is 0.273 e. The first-order valence-corrected chi connectivity index (χ1v) is 8.18. The zero-order chi connectivity index (χ0) is 17.6. The van der Waals surface area contributed by atoms with Crippen molar-refractivity contribution >= 4 is 17.4 Å². The summed E-state index contributed by atoms with van der Waals surface area (Å²) >= 11 is 0. The molecule has 128 valence electrons. The van der Waals surface area contributed by atoms with Gasteiger partial charge in [-0.05, 0) is 54.3 Å². The highest BCUT2D eigenvalue weighted by molar-refractivity contribution is 5.95. The van der Waals surface area contributed by atoms with E-state index in [2.05, 4.69) is 20.5 Å². The van der Waals surface area contributed by atoms with Crippen LogP contribution in [0.5, 0.6) is 0 Å². The van der Waals surface area contributed by atoms with Gasteiger partial charge < -0.3 is 4.90 Å². The lowest BCUT2D eigenvalue weighted by atomic mass is 10.1. The minimum Gasteiger partial charge on any atom is -0.309 e. The second kappa shape index (κ2) is 5.87. The Labute approximate surface area is 143 Å². The molecule has 1 aliphatic heterocycles. The Bertz CT molecular complexity index is 983. The van der Waals surface area contributed by atoms with Gasteiger partial charge in [0, 0.05) is 24.4 Å². The fourth-order valence-electron chi connectivity index (χ4n) is 3.46. The number of aryl methyl sites for hydroxylation is 2. The van der Waals surface area contributed by atoms with Gasteiger partial charge in [-0.2, -0.15) is 4.52 Å². The molecule has 1 aromatic carbocycles. The molecular weight excluding hydrogens is 323 g/mol. The number of carbonyl (C=O) groups is 1. The number of carbonyl (C=O) groups excluding carboxylic acids is 1. The zero-order valence-corrected chi connectivity index (χ0v) is 14.0. The largest absolute Gasteiger partial charge is 0.309 e. The van der Waals surface area contributed by atoms with E-state index in [0.717, 1.165) is 22.5 Å². The molecule has 1 aliphatic rings. The first kappa shape index (κ1) is 15.6. The van der Waals surface area contributed by atoms with Gasteiger partial charge >= 0.3 is 0 Å². The van der Waals surface area contributed by atoms with Gasteiger partial charge in [-0.15, -0.1) is 0 Å². The average Bonchev–Trinajstić information content (AvgIpc) is 3.21. The van der Waals surface area contributed by atoms with Crippen molar-refractivity contribution in [2.75, 3.05) is 11.4 Å². The molecule has 0 unspecified atom stereocenters. The van der Waals surface area contributed by atoms with Crippen LogP contribution in [-0.4, -0.2) is 37.5 Å². The highest BCUT2D eigenvalue weighted by Gasteiger charge is 2.27. The molecule has 1 amide bonds. The van der Waals surface area contributed by atoms with Crippen LogP contribution in [-0.2, 0) is 17.6 Å². The number of anilines is 1. The Kier molecular flexibility index (Phi) is 3.67. The number of hydrogen-bond acceptors (Lipinski definition) is 5. The molecule has 2 aromatic heterocycles. The molecule has 3 heterocycles. The van der Waals surface area contributed by atoms with Crippen LogP contribution < -0.4 is 4.90 Å². The summed E-state index contributed by atoms with van der Waals surface area (Å²) < 4.78 is 15.7. The van der Waals surface area contributed by atoms with Crippen LogP contribution in [0.2, 0.25) is 0 Å². The predicted octanol–water partition coefficient (Wildman–Crippen LogP) is 1.80. The molecule has 3 aromatic rings. The fraction of sp³-hybridized carbons (Fsp3) is 0.353. The lowest BCUT2D eigenvalue weighted by Crippen LogP contribution is -2.30. The Morgan fingerprint density at radius 2 is 2.16 bits per heavy atom.